The Labute approximate surface area is 206 Å². The van der Waals surface area contributed by atoms with Crippen LogP contribution in [0.25, 0.3) is 0 Å². The number of nitrogens with zero attached hydrogens (tertiary/aromatic N) is 2. The predicted molar refractivity (Wildman–Crippen MR) is 128 cm³/mol. The van der Waals surface area contributed by atoms with Crippen LogP contribution in [0.15, 0.2) is 41.3 Å². The van der Waals surface area contributed by atoms with Gasteiger partial charge in [-0.25, -0.2) is 8.42 Å². The molecule has 2 aromatic carbocycles. The molecule has 36 heavy (non-hydrogen) atoms. The summed E-state index contributed by atoms with van der Waals surface area (Å²) in [5.41, 5.74) is -1.55. The minimum absolute atomic E-state index is 0.0705. The molecule has 13 heteroatoms. The van der Waals surface area contributed by atoms with Gasteiger partial charge in [-0.1, -0.05) is 18.9 Å². The van der Waals surface area contributed by atoms with Gasteiger partial charge in [0.15, 0.2) is 0 Å². The highest BCUT2D eigenvalue weighted by Gasteiger charge is 2.33. The standard InChI is InChI=1S/C23H27F3N4O5S/c1-15-7-9-18(14-21(15)36(34,35)29-11-5-3-4-6-12-29)28-22(31)16(2)27-19-10-8-17(23(24,25)26)13-20(19)30(32)33/h7-10,13-14,16,27H,3-6,11-12H2,1-2H3,(H,28,31). The Morgan fingerprint density at radius 2 is 1.72 bits per heavy atom. The second-order valence-electron chi connectivity index (χ2n) is 8.64. The van der Waals surface area contributed by atoms with Crippen LogP contribution in [0.5, 0.6) is 0 Å². The van der Waals surface area contributed by atoms with Crippen LogP contribution in [0.3, 0.4) is 0 Å². The van der Waals surface area contributed by atoms with Crippen molar-refractivity contribution < 1.29 is 31.3 Å². The molecule has 1 unspecified atom stereocenters. The van der Waals surface area contributed by atoms with Crippen LogP contribution in [0.4, 0.5) is 30.2 Å². The van der Waals surface area contributed by atoms with Gasteiger partial charge < -0.3 is 10.6 Å². The third-order valence-corrected chi connectivity index (χ3v) is 7.97. The van der Waals surface area contributed by atoms with E-state index in [2.05, 4.69) is 10.6 Å². The quantitative estimate of drug-likeness (QED) is 0.388. The van der Waals surface area contributed by atoms with Gasteiger partial charge in [0.2, 0.25) is 15.9 Å². The van der Waals surface area contributed by atoms with Crippen LogP contribution in [-0.4, -0.2) is 42.7 Å². The predicted octanol–water partition coefficient (Wildman–Crippen LogP) is 4.93. The molecule has 0 aromatic heterocycles. The van der Waals surface area contributed by atoms with Crippen LogP contribution in [0.1, 0.15) is 43.7 Å². The zero-order chi connectivity index (χ0) is 26.7. The Morgan fingerprint density at radius 3 is 2.31 bits per heavy atom. The molecule has 1 saturated heterocycles. The average molecular weight is 529 g/mol. The smallest absolute Gasteiger partial charge is 0.368 e. The molecule has 196 valence electrons. The lowest BCUT2D eigenvalue weighted by molar-refractivity contribution is -0.384. The third-order valence-electron chi connectivity index (χ3n) is 5.93. The number of nitrogens with one attached hydrogen (secondary N) is 2. The number of benzene rings is 2. The minimum Gasteiger partial charge on any atom is -0.368 e. The number of aryl methyl sites for hydroxylation is 1. The molecule has 1 aliphatic rings. The molecular formula is C23H27F3N4O5S. The fourth-order valence-electron chi connectivity index (χ4n) is 3.91. The normalized spacial score (nSPS) is 16.1. The van der Waals surface area contributed by atoms with Gasteiger partial charge in [-0.2, -0.15) is 17.5 Å². The van der Waals surface area contributed by atoms with Crippen molar-refractivity contribution in [1.29, 1.82) is 0 Å². The van der Waals surface area contributed by atoms with Crippen LogP contribution < -0.4 is 10.6 Å². The number of anilines is 2. The molecule has 1 heterocycles. The molecule has 3 rings (SSSR count). The van der Waals surface area contributed by atoms with E-state index < -0.39 is 44.3 Å². The molecule has 1 atom stereocenters. The first-order chi connectivity index (χ1) is 16.8. The number of hydrogen-bond donors (Lipinski definition) is 2. The van der Waals surface area contributed by atoms with Crippen molar-refractivity contribution in [1.82, 2.24) is 4.31 Å². The number of halogens is 3. The van der Waals surface area contributed by atoms with Crippen molar-refractivity contribution in [2.45, 2.75) is 56.6 Å². The first-order valence-corrected chi connectivity index (χ1v) is 12.8. The van der Waals surface area contributed by atoms with Gasteiger partial charge in [0.1, 0.15) is 11.7 Å². The highest BCUT2D eigenvalue weighted by atomic mass is 32.2. The molecule has 2 N–H and O–H groups in total. The highest BCUT2D eigenvalue weighted by molar-refractivity contribution is 7.89. The lowest BCUT2D eigenvalue weighted by Crippen LogP contribution is -2.33. The summed E-state index contributed by atoms with van der Waals surface area (Å²) < 4.78 is 66.7. The summed E-state index contributed by atoms with van der Waals surface area (Å²) in [6.45, 7) is 3.88. The molecule has 2 aromatic rings. The van der Waals surface area contributed by atoms with E-state index in [0.717, 1.165) is 31.7 Å². The molecule has 0 aliphatic carbocycles. The van der Waals surface area contributed by atoms with E-state index in [9.17, 15) is 36.5 Å². The van der Waals surface area contributed by atoms with E-state index in [0.29, 0.717) is 30.8 Å². The number of amides is 1. The molecule has 0 bridgehead atoms. The van der Waals surface area contributed by atoms with Gasteiger partial charge in [0.25, 0.3) is 5.69 Å². The van der Waals surface area contributed by atoms with Crippen molar-refractivity contribution in [3.05, 3.63) is 57.6 Å². The van der Waals surface area contributed by atoms with Gasteiger partial charge in [-0.3, -0.25) is 14.9 Å². The van der Waals surface area contributed by atoms with Crippen molar-refractivity contribution >= 4 is 33.0 Å². The second kappa shape index (κ2) is 10.8. The van der Waals surface area contributed by atoms with Crippen molar-refractivity contribution in [3.63, 3.8) is 0 Å². The fourth-order valence-corrected chi connectivity index (χ4v) is 5.68. The SMILES string of the molecule is Cc1ccc(NC(=O)C(C)Nc2ccc(C(F)(F)F)cc2[N+](=O)[O-])cc1S(=O)(=O)N1CCCCCC1. The van der Waals surface area contributed by atoms with E-state index in [1.165, 1.54) is 23.4 Å². The maximum absolute atomic E-state index is 13.2. The Hall–Kier alpha value is -3.19. The number of rotatable bonds is 7. The maximum Gasteiger partial charge on any atom is 0.416 e. The maximum atomic E-state index is 13.2. The van der Waals surface area contributed by atoms with E-state index >= 15 is 0 Å². The van der Waals surface area contributed by atoms with Gasteiger partial charge >= 0.3 is 6.18 Å². The summed E-state index contributed by atoms with van der Waals surface area (Å²) >= 11 is 0. The molecule has 1 aliphatic heterocycles. The molecule has 9 nitrogen and oxygen atoms in total. The highest BCUT2D eigenvalue weighted by Crippen LogP contribution is 2.35. The Balaban J connectivity index is 1.78. The van der Waals surface area contributed by atoms with Crippen LogP contribution in [0.2, 0.25) is 0 Å². The Kier molecular flexibility index (Phi) is 8.24. The lowest BCUT2D eigenvalue weighted by Gasteiger charge is -2.22. The molecule has 0 spiro atoms. The summed E-state index contributed by atoms with van der Waals surface area (Å²) in [5, 5.41) is 16.4. The fraction of sp³-hybridized carbons (Fsp3) is 0.435. The van der Waals surface area contributed by atoms with Crippen LogP contribution >= 0.6 is 0 Å². The van der Waals surface area contributed by atoms with Gasteiger partial charge in [-0.15, -0.1) is 0 Å². The summed E-state index contributed by atoms with van der Waals surface area (Å²) in [6.07, 6.45) is -1.29. The first-order valence-electron chi connectivity index (χ1n) is 11.3. The first kappa shape index (κ1) is 27.4. The van der Waals surface area contributed by atoms with E-state index in [1.54, 1.807) is 13.0 Å². The Bertz CT molecular complexity index is 1240. The summed E-state index contributed by atoms with van der Waals surface area (Å²) in [5.74, 6) is -0.661. The lowest BCUT2D eigenvalue weighted by atomic mass is 10.1. The van der Waals surface area contributed by atoms with E-state index in [4.69, 9.17) is 0 Å². The van der Waals surface area contributed by atoms with Gasteiger partial charge in [-0.05, 0) is 56.5 Å². The number of sulfonamides is 1. The largest absolute Gasteiger partial charge is 0.416 e. The second-order valence-corrected chi connectivity index (χ2v) is 10.5. The topological polar surface area (TPSA) is 122 Å². The van der Waals surface area contributed by atoms with Gasteiger partial charge in [0.05, 0.1) is 15.4 Å². The zero-order valence-corrected chi connectivity index (χ0v) is 20.6. The van der Waals surface area contributed by atoms with E-state index in [-0.39, 0.29) is 16.3 Å². The van der Waals surface area contributed by atoms with E-state index in [1.807, 2.05) is 0 Å². The Morgan fingerprint density at radius 1 is 1.08 bits per heavy atom. The average Bonchev–Trinajstić information content (AvgIpc) is 3.10. The number of nitro groups is 1. The van der Waals surface area contributed by atoms with Crippen molar-refractivity contribution in [3.8, 4) is 0 Å². The number of nitro benzene ring substituents is 1. The van der Waals surface area contributed by atoms with Crippen molar-refractivity contribution in [2.75, 3.05) is 23.7 Å². The minimum atomic E-state index is -4.76. The molecule has 0 saturated carbocycles. The van der Waals surface area contributed by atoms with Gasteiger partial charge in [0, 0.05) is 24.8 Å². The number of carbonyl (C=O) groups is 1. The zero-order valence-electron chi connectivity index (χ0n) is 19.8. The van der Waals surface area contributed by atoms with Crippen LogP contribution in [-0.2, 0) is 21.0 Å². The summed E-state index contributed by atoms with van der Waals surface area (Å²) in [4.78, 5) is 23.1. The molecule has 1 fully saturated rings. The number of alkyl halides is 3. The molecule has 1 amide bonds. The van der Waals surface area contributed by atoms with Crippen molar-refractivity contribution in [2.24, 2.45) is 0 Å². The summed E-state index contributed by atoms with van der Waals surface area (Å²) in [6, 6.07) is 5.34. The molecular weight excluding hydrogens is 501 g/mol. The monoisotopic (exact) mass is 528 g/mol. The van der Waals surface area contributed by atoms with Crippen LogP contribution in [0, 0.1) is 17.0 Å². The number of carbonyl (C=O) groups excluding carboxylic acids is 1. The summed E-state index contributed by atoms with van der Waals surface area (Å²) in [7, 11) is -3.77. The number of hydrogen-bond acceptors (Lipinski definition) is 6. The molecule has 0 radical (unpaired) electrons. The third kappa shape index (κ3) is 6.32.